The van der Waals surface area contributed by atoms with Gasteiger partial charge in [-0.1, -0.05) is 59.6 Å². The minimum atomic E-state index is -0.246. The van der Waals surface area contributed by atoms with Gasteiger partial charge in [-0.05, 0) is 49.0 Å². The Morgan fingerprint density at radius 1 is 1.15 bits per heavy atom. The molecule has 1 aromatic heterocycles. The molecule has 2 aliphatic rings. The van der Waals surface area contributed by atoms with Crippen LogP contribution in [0.1, 0.15) is 36.8 Å². The molecule has 4 nitrogen and oxygen atoms in total. The lowest BCUT2D eigenvalue weighted by Crippen LogP contribution is -2.51. The Labute approximate surface area is 168 Å². The maximum Gasteiger partial charge on any atom is 0.410 e. The number of hydrogen-bond donors (Lipinski definition) is 0. The molecule has 140 valence electrons. The zero-order chi connectivity index (χ0) is 18.8. The van der Waals surface area contributed by atoms with E-state index in [-0.39, 0.29) is 18.2 Å². The first-order valence-corrected chi connectivity index (χ1v) is 9.89. The molecular weight excluding hydrogens is 383 g/mol. The third-order valence-corrected chi connectivity index (χ3v) is 5.71. The number of pyridine rings is 1. The van der Waals surface area contributed by atoms with Crippen molar-refractivity contribution in [2.45, 2.75) is 44.4 Å². The smallest absolute Gasteiger partial charge is 0.410 e. The maximum atomic E-state index is 12.8. The average molecular weight is 403 g/mol. The molecule has 4 rings (SSSR count). The van der Waals surface area contributed by atoms with Gasteiger partial charge in [0.25, 0.3) is 0 Å². The summed E-state index contributed by atoms with van der Waals surface area (Å²) in [6.45, 7) is 0.291. The molecule has 0 radical (unpaired) electrons. The summed E-state index contributed by atoms with van der Waals surface area (Å²) in [7, 11) is 0. The second kappa shape index (κ2) is 7.91. The first-order chi connectivity index (χ1) is 13.1. The highest BCUT2D eigenvalue weighted by atomic mass is 35.5. The highest BCUT2D eigenvalue weighted by molar-refractivity contribution is 6.33. The van der Waals surface area contributed by atoms with Gasteiger partial charge in [-0.2, -0.15) is 0 Å². The van der Waals surface area contributed by atoms with E-state index in [2.05, 4.69) is 11.1 Å². The summed E-state index contributed by atoms with van der Waals surface area (Å²) in [5.74, 6) is 0. The first-order valence-electron chi connectivity index (χ1n) is 9.14. The minimum absolute atomic E-state index is 0.0301. The van der Waals surface area contributed by atoms with Crippen molar-refractivity contribution in [2.75, 3.05) is 0 Å². The molecule has 27 heavy (non-hydrogen) atoms. The molecule has 0 spiro atoms. The number of hydrogen-bond acceptors (Lipinski definition) is 3. The second-order valence-electron chi connectivity index (χ2n) is 6.97. The van der Waals surface area contributed by atoms with Crippen LogP contribution in [-0.4, -0.2) is 28.1 Å². The number of amides is 1. The summed E-state index contributed by atoms with van der Waals surface area (Å²) < 4.78 is 5.59. The topological polar surface area (TPSA) is 42.4 Å². The van der Waals surface area contributed by atoms with Crippen molar-refractivity contribution < 1.29 is 9.53 Å². The van der Waals surface area contributed by atoms with Crippen molar-refractivity contribution in [3.63, 3.8) is 0 Å². The predicted molar refractivity (Wildman–Crippen MR) is 107 cm³/mol. The van der Waals surface area contributed by atoms with E-state index < -0.39 is 0 Å². The van der Waals surface area contributed by atoms with Crippen molar-refractivity contribution in [3.8, 4) is 0 Å². The fourth-order valence-corrected chi connectivity index (χ4v) is 4.43. The van der Waals surface area contributed by atoms with E-state index in [1.165, 1.54) is 0 Å². The van der Waals surface area contributed by atoms with Gasteiger partial charge in [-0.15, -0.1) is 0 Å². The normalized spacial score (nSPS) is 21.6. The Morgan fingerprint density at radius 3 is 2.70 bits per heavy atom. The van der Waals surface area contributed by atoms with E-state index in [9.17, 15) is 4.79 Å². The summed E-state index contributed by atoms with van der Waals surface area (Å²) in [5.41, 5.74) is 3.02. The number of halogens is 2. The zero-order valence-corrected chi connectivity index (χ0v) is 16.3. The third kappa shape index (κ3) is 3.97. The first kappa shape index (κ1) is 18.3. The molecule has 0 N–H and O–H groups in total. The van der Waals surface area contributed by atoms with Crippen LogP contribution in [0.25, 0.3) is 5.57 Å². The Bertz CT molecular complexity index is 870. The number of carbonyl (C=O) groups excluding carboxylic acids is 1. The molecule has 1 fully saturated rings. The van der Waals surface area contributed by atoms with Gasteiger partial charge >= 0.3 is 6.09 Å². The molecule has 2 aliphatic heterocycles. The number of benzene rings is 1. The van der Waals surface area contributed by atoms with Crippen LogP contribution in [0.5, 0.6) is 0 Å². The molecular formula is C21H20Cl2N2O2. The van der Waals surface area contributed by atoms with Crippen LogP contribution in [0.3, 0.4) is 0 Å². The van der Waals surface area contributed by atoms with E-state index in [0.717, 1.165) is 42.4 Å². The van der Waals surface area contributed by atoms with Gasteiger partial charge in [0.2, 0.25) is 0 Å². The number of piperidine rings is 1. The molecule has 2 unspecified atom stereocenters. The monoisotopic (exact) mass is 402 g/mol. The maximum absolute atomic E-state index is 12.8. The van der Waals surface area contributed by atoms with Crippen LogP contribution in [0.2, 0.25) is 10.3 Å². The largest absolute Gasteiger partial charge is 0.445 e. The third-order valence-electron chi connectivity index (χ3n) is 5.21. The fraction of sp³-hybridized carbons (Fsp3) is 0.333. The van der Waals surface area contributed by atoms with Crippen molar-refractivity contribution in [1.29, 1.82) is 0 Å². The summed E-state index contributed by atoms with van der Waals surface area (Å²) in [4.78, 5) is 18.8. The minimum Gasteiger partial charge on any atom is -0.445 e. The predicted octanol–water partition coefficient (Wildman–Crippen LogP) is 5.74. The lowest BCUT2D eigenvalue weighted by Gasteiger charge is -2.44. The quantitative estimate of drug-likeness (QED) is 0.615. The number of carbonyl (C=O) groups is 1. The van der Waals surface area contributed by atoms with Crippen LogP contribution in [0.4, 0.5) is 4.79 Å². The van der Waals surface area contributed by atoms with Crippen LogP contribution in [0.15, 0.2) is 48.5 Å². The summed E-state index contributed by atoms with van der Waals surface area (Å²) in [6, 6.07) is 13.6. The number of fused-ring (bicyclic) bond motifs is 2. The summed E-state index contributed by atoms with van der Waals surface area (Å²) in [6.07, 6.45) is 5.64. The van der Waals surface area contributed by atoms with Gasteiger partial charge in [0, 0.05) is 11.6 Å². The van der Waals surface area contributed by atoms with Gasteiger partial charge in [-0.25, -0.2) is 9.78 Å². The molecule has 0 saturated carbocycles. The molecule has 2 atom stereocenters. The van der Waals surface area contributed by atoms with Crippen LogP contribution >= 0.6 is 23.2 Å². The fourth-order valence-electron chi connectivity index (χ4n) is 3.96. The highest BCUT2D eigenvalue weighted by Crippen LogP contribution is 2.39. The molecule has 2 aromatic rings. The van der Waals surface area contributed by atoms with Crippen molar-refractivity contribution >= 4 is 34.9 Å². The van der Waals surface area contributed by atoms with Crippen LogP contribution in [0, 0.1) is 0 Å². The number of ether oxygens (including phenoxy) is 1. The van der Waals surface area contributed by atoms with Gasteiger partial charge in [0.1, 0.15) is 16.9 Å². The lowest BCUT2D eigenvalue weighted by molar-refractivity contribution is 0.0510. The Morgan fingerprint density at radius 2 is 1.96 bits per heavy atom. The van der Waals surface area contributed by atoms with Gasteiger partial charge in [0.15, 0.2) is 0 Å². The molecule has 1 saturated heterocycles. The van der Waals surface area contributed by atoms with Crippen molar-refractivity contribution in [2.24, 2.45) is 0 Å². The van der Waals surface area contributed by atoms with Crippen LogP contribution < -0.4 is 0 Å². The van der Waals surface area contributed by atoms with Gasteiger partial charge < -0.3 is 4.74 Å². The van der Waals surface area contributed by atoms with Gasteiger partial charge in [0.05, 0.1) is 6.04 Å². The molecule has 2 bridgehead atoms. The molecule has 1 amide bonds. The molecule has 0 aliphatic carbocycles. The van der Waals surface area contributed by atoms with E-state index in [0.29, 0.717) is 16.9 Å². The summed E-state index contributed by atoms with van der Waals surface area (Å²) in [5, 5.41) is 0.790. The summed E-state index contributed by atoms with van der Waals surface area (Å²) >= 11 is 12.2. The number of aromatic nitrogens is 1. The Hall–Kier alpha value is -2.04. The molecule has 1 aromatic carbocycles. The highest BCUT2D eigenvalue weighted by Gasteiger charge is 2.38. The number of nitrogens with zero attached hydrogens (tertiary/aromatic N) is 2. The van der Waals surface area contributed by atoms with Crippen molar-refractivity contribution in [1.82, 2.24) is 9.88 Å². The van der Waals surface area contributed by atoms with E-state index in [4.69, 9.17) is 27.9 Å². The van der Waals surface area contributed by atoms with E-state index in [1.54, 1.807) is 6.07 Å². The van der Waals surface area contributed by atoms with Gasteiger partial charge in [-0.3, -0.25) is 4.90 Å². The number of rotatable bonds is 3. The molecule has 3 heterocycles. The van der Waals surface area contributed by atoms with E-state index in [1.807, 2.05) is 41.3 Å². The van der Waals surface area contributed by atoms with E-state index >= 15 is 0 Å². The standard InChI is InChI=1S/C21H20Cl2N2O2/c22-19-10-9-18(20(23)24-19)15-11-16-7-4-8-17(12-15)25(16)21(26)27-13-14-5-2-1-3-6-14/h1-3,5-6,9-11,16-17H,4,7-8,12-13H2. The Kier molecular flexibility index (Phi) is 5.37. The lowest BCUT2D eigenvalue weighted by atomic mass is 9.83. The zero-order valence-electron chi connectivity index (χ0n) is 14.8. The Balaban J connectivity index is 1.52. The average Bonchev–Trinajstić information content (AvgIpc) is 2.66. The SMILES string of the molecule is O=C(OCc1ccccc1)N1C2C=C(c3ccc(Cl)nc3Cl)CC1CCC2. The second-order valence-corrected chi connectivity index (χ2v) is 7.71. The van der Waals surface area contributed by atoms with Crippen molar-refractivity contribution in [3.05, 3.63) is 70.0 Å². The molecule has 6 heteroatoms. The van der Waals surface area contributed by atoms with Crippen LogP contribution in [-0.2, 0) is 11.3 Å².